The van der Waals surface area contributed by atoms with Crippen LogP contribution in [-0.4, -0.2) is 60.5 Å². The van der Waals surface area contributed by atoms with Gasteiger partial charge in [-0.3, -0.25) is 4.79 Å². The van der Waals surface area contributed by atoms with Gasteiger partial charge in [0, 0.05) is 51.2 Å². The topological polar surface area (TPSA) is 35.6 Å². The van der Waals surface area contributed by atoms with E-state index in [9.17, 15) is 4.79 Å². The molecule has 2 heterocycles. The second-order valence-electron chi connectivity index (χ2n) is 5.80. The second-order valence-corrected chi connectivity index (χ2v) is 5.80. The molecule has 0 bridgehead atoms. The molecule has 4 nitrogen and oxygen atoms in total. The number of amides is 1. The zero-order valence-corrected chi connectivity index (χ0v) is 11.2. The predicted molar refractivity (Wildman–Crippen MR) is 69.0 cm³/mol. The Balaban J connectivity index is 1.81. The third kappa shape index (κ3) is 3.19. The van der Waals surface area contributed by atoms with Crippen LogP contribution in [0.25, 0.3) is 0 Å². The van der Waals surface area contributed by atoms with Crippen molar-refractivity contribution in [2.45, 2.75) is 38.6 Å². The molecule has 0 radical (unpaired) electrons. The number of hydrogen-bond acceptors (Lipinski definition) is 3. The average molecular weight is 239 g/mol. The van der Waals surface area contributed by atoms with Crippen LogP contribution in [0.1, 0.15) is 33.1 Å². The molecule has 4 heteroatoms. The summed E-state index contributed by atoms with van der Waals surface area (Å²) in [6.45, 7) is 11.0. The minimum absolute atomic E-state index is 0.0262. The minimum Gasteiger partial charge on any atom is -0.338 e. The fourth-order valence-corrected chi connectivity index (χ4v) is 2.79. The van der Waals surface area contributed by atoms with Crippen molar-refractivity contribution in [3.8, 4) is 0 Å². The molecule has 98 valence electrons. The molecular weight excluding hydrogens is 214 g/mol. The molecule has 0 saturated carbocycles. The Kier molecular flexibility index (Phi) is 4.05. The highest BCUT2D eigenvalue weighted by molar-refractivity contribution is 5.78. The highest BCUT2D eigenvalue weighted by Gasteiger charge is 2.33. The lowest BCUT2D eigenvalue weighted by Crippen LogP contribution is -2.49. The maximum absolute atomic E-state index is 11.8. The molecule has 0 spiro atoms. The lowest BCUT2D eigenvalue weighted by atomic mass is 9.98. The molecule has 0 aromatic carbocycles. The Morgan fingerprint density at radius 1 is 1.24 bits per heavy atom. The molecule has 0 unspecified atom stereocenters. The van der Waals surface area contributed by atoms with Gasteiger partial charge < -0.3 is 15.1 Å². The maximum atomic E-state index is 11.8. The van der Waals surface area contributed by atoms with Crippen molar-refractivity contribution in [3.05, 3.63) is 0 Å². The van der Waals surface area contributed by atoms with Gasteiger partial charge in [0.15, 0.2) is 0 Å². The lowest BCUT2D eigenvalue weighted by Gasteiger charge is -2.38. The SMILES string of the molecule is CC(C)(CCN1CCNCC1)N1CCCC1=O. The summed E-state index contributed by atoms with van der Waals surface area (Å²) in [6, 6.07) is 0. The fraction of sp³-hybridized carbons (Fsp3) is 0.923. The summed E-state index contributed by atoms with van der Waals surface area (Å²) in [6.07, 6.45) is 2.87. The van der Waals surface area contributed by atoms with Crippen molar-refractivity contribution in [1.29, 1.82) is 0 Å². The molecule has 2 fully saturated rings. The normalized spacial score (nSPS) is 23.4. The van der Waals surface area contributed by atoms with E-state index >= 15 is 0 Å². The molecule has 2 rings (SSSR count). The number of likely N-dealkylation sites (tertiary alicyclic amines) is 1. The average Bonchev–Trinajstić information content (AvgIpc) is 2.75. The summed E-state index contributed by atoms with van der Waals surface area (Å²) in [5.41, 5.74) is 0.0262. The van der Waals surface area contributed by atoms with Crippen molar-refractivity contribution in [3.63, 3.8) is 0 Å². The zero-order chi connectivity index (χ0) is 12.3. The van der Waals surface area contributed by atoms with Gasteiger partial charge in [-0.1, -0.05) is 0 Å². The van der Waals surface area contributed by atoms with E-state index in [2.05, 4.69) is 29.0 Å². The highest BCUT2D eigenvalue weighted by Crippen LogP contribution is 2.25. The molecule has 1 amide bonds. The Labute approximate surface area is 104 Å². The van der Waals surface area contributed by atoms with E-state index in [0.29, 0.717) is 5.91 Å². The summed E-state index contributed by atoms with van der Waals surface area (Å²) >= 11 is 0. The Hall–Kier alpha value is -0.610. The van der Waals surface area contributed by atoms with Crippen molar-refractivity contribution in [2.24, 2.45) is 0 Å². The third-order valence-corrected chi connectivity index (χ3v) is 4.05. The van der Waals surface area contributed by atoms with Crippen LogP contribution < -0.4 is 5.32 Å². The van der Waals surface area contributed by atoms with Crippen LogP contribution in [0.5, 0.6) is 0 Å². The molecule has 1 N–H and O–H groups in total. The first-order chi connectivity index (χ1) is 8.09. The fourth-order valence-electron chi connectivity index (χ4n) is 2.79. The van der Waals surface area contributed by atoms with E-state index in [4.69, 9.17) is 0 Å². The first-order valence-electron chi connectivity index (χ1n) is 6.83. The number of hydrogen-bond donors (Lipinski definition) is 1. The van der Waals surface area contributed by atoms with Gasteiger partial charge in [-0.05, 0) is 26.7 Å². The summed E-state index contributed by atoms with van der Waals surface area (Å²) in [5, 5.41) is 3.37. The van der Waals surface area contributed by atoms with Crippen molar-refractivity contribution in [2.75, 3.05) is 39.3 Å². The Morgan fingerprint density at radius 2 is 1.94 bits per heavy atom. The molecular formula is C13H25N3O. The molecule has 2 saturated heterocycles. The van der Waals surface area contributed by atoms with E-state index in [1.54, 1.807) is 0 Å². The summed E-state index contributed by atoms with van der Waals surface area (Å²) < 4.78 is 0. The van der Waals surface area contributed by atoms with E-state index in [0.717, 1.165) is 58.5 Å². The monoisotopic (exact) mass is 239 g/mol. The Morgan fingerprint density at radius 3 is 2.53 bits per heavy atom. The van der Waals surface area contributed by atoms with E-state index < -0.39 is 0 Å². The van der Waals surface area contributed by atoms with Crippen LogP contribution in [-0.2, 0) is 4.79 Å². The molecule has 2 aliphatic rings. The first kappa shape index (κ1) is 12.8. The molecule has 2 aliphatic heterocycles. The van der Waals surface area contributed by atoms with Crippen LogP contribution in [0.4, 0.5) is 0 Å². The molecule has 0 aromatic rings. The number of carbonyl (C=O) groups is 1. The molecule has 17 heavy (non-hydrogen) atoms. The van der Waals surface area contributed by atoms with Gasteiger partial charge in [0.05, 0.1) is 0 Å². The lowest BCUT2D eigenvalue weighted by molar-refractivity contribution is -0.132. The van der Waals surface area contributed by atoms with Crippen molar-refractivity contribution < 1.29 is 4.79 Å². The molecule has 0 aromatic heterocycles. The standard InChI is InChI=1S/C13H25N3O/c1-13(2,16-8-3-4-12(16)17)5-9-15-10-6-14-7-11-15/h14H,3-11H2,1-2H3. The van der Waals surface area contributed by atoms with Gasteiger partial charge in [-0.25, -0.2) is 0 Å². The van der Waals surface area contributed by atoms with Crippen LogP contribution in [0.2, 0.25) is 0 Å². The van der Waals surface area contributed by atoms with E-state index in [1.165, 1.54) is 0 Å². The largest absolute Gasteiger partial charge is 0.338 e. The van der Waals surface area contributed by atoms with Gasteiger partial charge in [0.2, 0.25) is 5.91 Å². The summed E-state index contributed by atoms with van der Waals surface area (Å²) in [5.74, 6) is 0.343. The molecule has 0 aliphatic carbocycles. The summed E-state index contributed by atoms with van der Waals surface area (Å²) in [7, 11) is 0. The van der Waals surface area contributed by atoms with Crippen LogP contribution >= 0.6 is 0 Å². The van der Waals surface area contributed by atoms with Crippen LogP contribution in [0, 0.1) is 0 Å². The number of nitrogens with zero attached hydrogens (tertiary/aromatic N) is 2. The second kappa shape index (κ2) is 5.36. The van der Waals surface area contributed by atoms with Crippen molar-refractivity contribution >= 4 is 5.91 Å². The number of rotatable bonds is 4. The smallest absolute Gasteiger partial charge is 0.223 e. The highest BCUT2D eigenvalue weighted by atomic mass is 16.2. The molecule has 0 atom stereocenters. The number of carbonyl (C=O) groups excluding carboxylic acids is 1. The van der Waals surface area contributed by atoms with E-state index in [1.807, 2.05) is 0 Å². The minimum atomic E-state index is 0.0262. The van der Waals surface area contributed by atoms with Crippen LogP contribution in [0.3, 0.4) is 0 Å². The zero-order valence-electron chi connectivity index (χ0n) is 11.2. The van der Waals surface area contributed by atoms with Gasteiger partial charge in [0.25, 0.3) is 0 Å². The summed E-state index contributed by atoms with van der Waals surface area (Å²) in [4.78, 5) is 16.4. The van der Waals surface area contributed by atoms with Crippen LogP contribution in [0.15, 0.2) is 0 Å². The van der Waals surface area contributed by atoms with Gasteiger partial charge in [-0.15, -0.1) is 0 Å². The first-order valence-corrected chi connectivity index (χ1v) is 6.83. The van der Waals surface area contributed by atoms with Gasteiger partial charge >= 0.3 is 0 Å². The number of nitrogens with one attached hydrogen (secondary N) is 1. The predicted octanol–water partition coefficient (Wildman–Crippen LogP) is 0.683. The third-order valence-electron chi connectivity index (χ3n) is 4.05. The van der Waals surface area contributed by atoms with Gasteiger partial charge in [0.1, 0.15) is 0 Å². The Bertz CT molecular complexity index is 272. The number of piperazine rings is 1. The van der Waals surface area contributed by atoms with Gasteiger partial charge in [-0.2, -0.15) is 0 Å². The van der Waals surface area contributed by atoms with Crippen molar-refractivity contribution in [1.82, 2.24) is 15.1 Å². The maximum Gasteiger partial charge on any atom is 0.223 e. The van der Waals surface area contributed by atoms with E-state index in [-0.39, 0.29) is 5.54 Å². The quantitative estimate of drug-likeness (QED) is 0.784.